The Bertz CT molecular complexity index is 1180. The second-order valence-electron chi connectivity index (χ2n) is 6.22. The molecule has 0 unspecified atom stereocenters. The van der Waals surface area contributed by atoms with Crippen LogP contribution in [0.1, 0.15) is 11.1 Å². The zero-order chi connectivity index (χ0) is 20.1. The number of benzene rings is 3. The van der Waals surface area contributed by atoms with Crippen molar-refractivity contribution < 1.29 is 5.11 Å². The third-order valence-electron chi connectivity index (χ3n) is 4.18. The van der Waals surface area contributed by atoms with Gasteiger partial charge in [0.1, 0.15) is 10.7 Å². The van der Waals surface area contributed by atoms with Crippen LogP contribution in [0, 0.1) is 6.92 Å². The number of para-hydroxylation sites is 1. The Hall–Kier alpha value is -3.71. The summed E-state index contributed by atoms with van der Waals surface area (Å²) in [4.78, 5) is 4.34. The van der Waals surface area contributed by atoms with E-state index in [0.717, 1.165) is 21.8 Å². The van der Waals surface area contributed by atoms with Crippen LogP contribution in [0.2, 0.25) is 0 Å². The van der Waals surface area contributed by atoms with E-state index in [1.165, 1.54) is 11.3 Å². The predicted octanol–water partition coefficient (Wildman–Crippen LogP) is 6.39. The summed E-state index contributed by atoms with van der Waals surface area (Å²) >= 11 is 1.38. The van der Waals surface area contributed by atoms with Gasteiger partial charge >= 0.3 is 0 Å². The molecule has 142 valence electrons. The molecular formula is C22H17N5OS. The minimum atomic E-state index is 0.0152. The molecular weight excluding hydrogens is 382 g/mol. The number of hydrogen-bond acceptors (Lipinski definition) is 7. The minimum absolute atomic E-state index is 0.0152. The molecule has 6 nitrogen and oxygen atoms in total. The van der Waals surface area contributed by atoms with Gasteiger partial charge in [0.05, 0.1) is 5.69 Å². The van der Waals surface area contributed by atoms with E-state index in [1.54, 1.807) is 24.4 Å². The number of phenolic OH excluding ortho intramolecular Hbond substituents is 1. The molecule has 1 N–H and O–H groups in total. The Balaban J connectivity index is 1.55. The summed E-state index contributed by atoms with van der Waals surface area (Å²) in [6.07, 6.45) is 1.55. The molecule has 0 saturated carbocycles. The number of rotatable bonds is 5. The summed E-state index contributed by atoms with van der Waals surface area (Å²) in [5.41, 5.74) is 3.67. The fourth-order valence-corrected chi connectivity index (χ4v) is 3.30. The molecule has 4 rings (SSSR count). The van der Waals surface area contributed by atoms with Gasteiger partial charge in [0.25, 0.3) is 0 Å². The Kier molecular flexibility index (Phi) is 5.49. The number of aromatic nitrogens is 2. The van der Waals surface area contributed by atoms with E-state index in [-0.39, 0.29) is 5.75 Å². The number of hydrogen-bond donors (Lipinski definition) is 1. The molecule has 0 radical (unpaired) electrons. The van der Waals surface area contributed by atoms with E-state index in [1.807, 2.05) is 61.5 Å². The van der Waals surface area contributed by atoms with Gasteiger partial charge in [0.15, 0.2) is 5.75 Å². The number of aliphatic imine (C=N–C) groups is 1. The lowest BCUT2D eigenvalue weighted by Gasteiger charge is -2.02. The van der Waals surface area contributed by atoms with E-state index in [0.29, 0.717) is 16.4 Å². The van der Waals surface area contributed by atoms with Crippen LogP contribution in [0.15, 0.2) is 88.0 Å². The lowest BCUT2D eigenvalue weighted by atomic mass is 10.2. The van der Waals surface area contributed by atoms with E-state index in [2.05, 4.69) is 25.4 Å². The Labute approximate surface area is 172 Å². The van der Waals surface area contributed by atoms with Crippen LogP contribution in [-0.4, -0.2) is 21.5 Å². The quantitative estimate of drug-likeness (QED) is 0.312. The van der Waals surface area contributed by atoms with Crippen LogP contribution in [0.3, 0.4) is 0 Å². The molecule has 0 atom stereocenters. The van der Waals surface area contributed by atoms with Gasteiger partial charge in [0, 0.05) is 17.3 Å². The van der Waals surface area contributed by atoms with Gasteiger partial charge in [-0.15, -0.1) is 15.3 Å². The van der Waals surface area contributed by atoms with Crippen molar-refractivity contribution >= 4 is 34.1 Å². The number of aryl methyl sites for hydroxylation is 1. The average molecular weight is 399 g/mol. The Morgan fingerprint density at radius 1 is 0.828 bits per heavy atom. The first-order chi connectivity index (χ1) is 14.2. The molecule has 0 aliphatic carbocycles. The van der Waals surface area contributed by atoms with E-state index in [4.69, 9.17) is 0 Å². The molecule has 7 heteroatoms. The zero-order valence-corrected chi connectivity index (χ0v) is 16.4. The van der Waals surface area contributed by atoms with Crippen molar-refractivity contribution in [3.63, 3.8) is 0 Å². The maximum Gasteiger partial charge on any atom is 0.231 e. The van der Waals surface area contributed by atoms with Crippen LogP contribution in [-0.2, 0) is 0 Å². The Morgan fingerprint density at radius 3 is 2.38 bits per heavy atom. The third kappa shape index (κ3) is 4.41. The minimum Gasteiger partial charge on any atom is -0.505 e. The van der Waals surface area contributed by atoms with Crippen molar-refractivity contribution in [2.45, 2.75) is 6.92 Å². The summed E-state index contributed by atoms with van der Waals surface area (Å²) in [5, 5.41) is 28.5. The van der Waals surface area contributed by atoms with E-state index >= 15 is 0 Å². The third-order valence-corrected chi connectivity index (χ3v) is 5.06. The lowest BCUT2D eigenvalue weighted by Crippen LogP contribution is -1.82. The van der Waals surface area contributed by atoms with Crippen LogP contribution in [0.5, 0.6) is 5.75 Å². The van der Waals surface area contributed by atoms with Gasteiger partial charge in [-0.2, -0.15) is 5.11 Å². The van der Waals surface area contributed by atoms with E-state index in [9.17, 15) is 5.11 Å². The SMILES string of the molecule is Cc1ccccc1N=Nc1cccc(/C=N/c2nnc(-c3ccccc3)s2)c1O. The molecule has 0 bridgehead atoms. The summed E-state index contributed by atoms with van der Waals surface area (Å²) < 4.78 is 0. The molecule has 0 amide bonds. The first-order valence-electron chi connectivity index (χ1n) is 8.93. The molecule has 29 heavy (non-hydrogen) atoms. The molecule has 0 aliphatic rings. The van der Waals surface area contributed by atoms with Crippen molar-refractivity contribution in [2.24, 2.45) is 15.2 Å². The van der Waals surface area contributed by atoms with Crippen molar-refractivity contribution in [3.05, 3.63) is 83.9 Å². The van der Waals surface area contributed by atoms with Crippen LogP contribution in [0.4, 0.5) is 16.5 Å². The topological polar surface area (TPSA) is 83.1 Å². The van der Waals surface area contributed by atoms with Gasteiger partial charge < -0.3 is 5.11 Å². The first kappa shape index (κ1) is 18.6. The van der Waals surface area contributed by atoms with Crippen molar-refractivity contribution in [1.29, 1.82) is 0 Å². The van der Waals surface area contributed by atoms with Crippen LogP contribution in [0.25, 0.3) is 10.6 Å². The van der Waals surface area contributed by atoms with Crippen molar-refractivity contribution in [2.75, 3.05) is 0 Å². The first-order valence-corrected chi connectivity index (χ1v) is 9.75. The fourth-order valence-electron chi connectivity index (χ4n) is 2.61. The average Bonchev–Trinajstić information content (AvgIpc) is 3.23. The highest BCUT2D eigenvalue weighted by Gasteiger charge is 2.07. The fraction of sp³-hybridized carbons (Fsp3) is 0.0455. The molecule has 0 aliphatic heterocycles. The number of phenols is 1. The summed E-state index contributed by atoms with van der Waals surface area (Å²) in [6.45, 7) is 1.96. The normalized spacial score (nSPS) is 11.5. The van der Waals surface area contributed by atoms with E-state index < -0.39 is 0 Å². The molecule has 3 aromatic carbocycles. The highest BCUT2D eigenvalue weighted by atomic mass is 32.1. The summed E-state index contributed by atoms with van der Waals surface area (Å²) in [5.74, 6) is 0.0152. The van der Waals surface area contributed by atoms with Gasteiger partial charge in [-0.05, 0) is 30.7 Å². The summed E-state index contributed by atoms with van der Waals surface area (Å²) in [7, 11) is 0. The smallest absolute Gasteiger partial charge is 0.231 e. The molecule has 0 saturated heterocycles. The number of nitrogens with zero attached hydrogens (tertiary/aromatic N) is 5. The maximum atomic E-state index is 10.5. The van der Waals surface area contributed by atoms with Gasteiger partial charge in [0.2, 0.25) is 5.13 Å². The number of azo groups is 1. The van der Waals surface area contributed by atoms with Gasteiger partial charge in [-0.25, -0.2) is 4.99 Å². The lowest BCUT2D eigenvalue weighted by molar-refractivity contribution is 0.475. The second kappa shape index (κ2) is 8.53. The van der Waals surface area contributed by atoms with Gasteiger partial charge in [-0.3, -0.25) is 0 Å². The molecule has 1 aromatic heterocycles. The zero-order valence-electron chi connectivity index (χ0n) is 15.6. The highest BCUT2D eigenvalue weighted by Crippen LogP contribution is 2.32. The summed E-state index contributed by atoms with van der Waals surface area (Å²) in [6, 6.07) is 22.7. The molecule has 0 spiro atoms. The molecule has 1 heterocycles. The monoisotopic (exact) mass is 399 g/mol. The standard InChI is InChI=1S/C22H17N5OS/c1-15-8-5-6-12-18(15)24-25-19-13-7-11-17(20(19)28)14-23-22-27-26-21(29-22)16-9-3-2-4-10-16/h2-14,28H,1H3/b23-14+,25-24?. The van der Waals surface area contributed by atoms with Crippen LogP contribution >= 0.6 is 11.3 Å². The van der Waals surface area contributed by atoms with Gasteiger partial charge in [-0.1, -0.05) is 65.9 Å². The van der Waals surface area contributed by atoms with Crippen molar-refractivity contribution in [1.82, 2.24) is 10.2 Å². The largest absolute Gasteiger partial charge is 0.505 e. The van der Waals surface area contributed by atoms with Crippen molar-refractivity contribution in [3.8, 4) is 16.3 Å². The molecule has 0 fully saturated rings. The highest BCUT2D eigenvalue weighted by molar-refractivity contribution is 7.18. The predicted molar refractivity (Wildman–Crippen MR) is 116 cm³/mol. The van der Waals surface area contributed by atoms with Crippen LogP contribution < -0.4 is 0 Å². The second-order valence-corrected chi connectivity index (χ2v) is 7.17. The molecule has 4 aromatic rings. The Morgan fingerprint density at radius 2 is 1.55 bits per heavy atom. The number of aromatic hydroxyl groups is 1. The maximum absolute atomic E-state index is 10.5.